The lowest BCUT2D eigenvalue weighted by molar-refractivity contribution is 0.540. The van der Waals surface area contributed by atoms with Gasteiger partial charge in [-0.3, -0.25) is 4.40 Å². The molecule has 2 aromatic heterocycles. The molecule has 2 N–H and O–H groups in total. The molecule has 1 unspecified atom stereocenters. The highest BCUT2D eigenvalue weighted by molar-refractivity contribution is 7.99. The highest BCUT2D eigenvalue weighted by Gasteiger charge is 2.28. The number of anilines is 1. The molecule has 1 fully saturated rings. The van der Waals surface area contributed by atoms with Crippen molar-refractivity contribution < 1.29 is 8.42 Å². The van der Waals surface area contributed by atoms with Gasteiger partial charge >= 0.3 is 0 Å². The zero-order chi connectivity index (χ0) is 14.9. The maximum Gasteiger partial charge on any atom is 0.260 e. The average molecular weight is 326 g/mol. The molecule has 0 bridgehead atoms. The zero-order valence-corrected chi connectivity index (χ0v) is 13.4. The SMILES string of the molecule is CNc1nc2ccccn2c1S(=O)(=O)NC1CCCSC1. The highest BCUT2D eigenvalue weighted by atomic mass is 32.2. The minimum atomic E-state index is -3.61. The van der Waals surface area contributed by atoms with Gasteiger partial charge in [0.05, 0.1) is 0 Å². The van der Waals surface area contributed by atoms with Crippen molar-refractivity contribution in [3.8, 4) is 0 Å². The summed E-state index contributed by atoms with van der Waals surface area (Å²) in [6.45, 7) is 0. The van der Waals surface area contributed by atoms with Crippen molar-refractivity contribution in [1.29, 1.82) is 0 Å². The van der Waals surface area contributed by atoms with Crippen molar-refractivity contribution in [3.05, 3.63) is 24.4 Å². The fourth-order valence-corrected chi connectivity index (χ4v) is 5.25. The lowest BCUT2D eigenvalue weighted by atomic mass is 10.2. The number of imidazole rings is 1. The number of nitrogens with one attached hydrogen (secondary N) is 2. The largest absolute Gasteiger partial charge is 0.371 e. The lowest BCUT2D eigenvalue weighted by Gasteiger charge is -2.22. The molecule has 114 valence electrons. The van der Waals surface area contributed by atoms with Gasteiger partial charge < -0.3 is 5.32 Å². The summed E-state index contributed by atoms with van der Waals surface area (Å²) in [5.41, 5.74) is 0.611. The van der Waals surface area contributed by atoms with E-state index in [1.54, 1.807) is 41.5 Å². The van der Waals surface area contributed by atoms with E-state index in [0.717, 1.165) is 24.3 Å². The van der Waals surface area contributed by atoms with Crippen LogP contribution in [0.4, 0.5) is 5.82 Å². The summed E-state index contributed by atoms with van der Waals surface area (Å²) in [6.07, 6.45) is 3.65. The number of rotatable bonds is 4. The molecule has 6 nitrogen and oxygen atoms in total. The van der Waals surface area contributed by atoms with Crippen LogP contribution in [0.5, 0.6) is 0 Å². The zero-order valence-electron chi connectivity index (χ0n) is 11.7. The lowest BCUT2D eigenvalue weighted by Crippen LogP contribution is -2.39. The molecule has 3 heterocycles. The third-order valence-corrected chi connectivity index (χ3v) is 6.22. The summed E-state index contributed by atoms with van der Waals surface area (Å²) < 4.78 is 29.9. The van der Waals surface area contributed by atoms with E-state index in [-0.39, 0.29) is 11.1 Å². The van der Waals surface area contributed by atoms with Gasteiger partial charge in [0.15, 0.2) is 10.8 Å². The standard InChI is InChI=1S/C13H18N4O2S2/c1-14-12-13(17-7-3-2-6-11(17)15-12)21(18,19)16-10-5-4-8-20-9-10/h2-3,6-7,10,14,16H,4-5,8-9H2,1H3. The second-order valence-corrected chi connectivity index (χ2v) is 7.76. The monoisotopic (exact) mass is 326 g/mol. The van der Waals surface area contributed by atoms with Crippen molar-refractivity contribution in [1.82, 2.24) is 14.1 Å². The van der Waals surface area contributed by atoms with Crippen LogP contribution in [0.15, 0.2) is 29.4 Å². The van der Waals surface area contributed by atoms with Crippen LogP contribution in [0, 0.1) is 0 Å². The summed E-state index contributed by atoms with van der Waals surface area (Å²) in [4.78, 5) is 4.32. The van der Waals surface area contributed by atoms with E-state index in [1.807, 2.05) is 6.07 Å². The van der Waals surface area contributed by atoms with Gasteiger partial charge in [0.25, 0.3) is 10.0 Å². The van der Waals surface area contributed by atoms with Gasteiger partial charge in [0.2, 0.25) is 0 Å². The van der Waals surface area contributed by atoms with Gasteiger partial charge in [0, 0.05) is 25.0 Å². The van der Waals surface area contributed by atoms with Gasteiger partial charge in [-0.2, -0.15) is 11.8 Å². The molecule has 0 aromatic carbocycles. The molecule has 0 aliphatic carbocycles. The quantitative estimate of drug-likeness (QED) is 0.891. The van der Waals surface area contributed by atoms with E-state index in [1.165, 1.54) is 0 Å². The van der Waals surface area contributed by atoms with Crippen LogP contribution in [-0.4, -0.2) is 42.4 Å². The van der Waals surface area contributed by atoms with Crippen LogP contribution >= 0.6 is 11.8 Å². The number of fused-ring (bicyclic) bond motifs is 1. The summed E-state index contributed by atoms with van der Waals surface area (Å²) in [5.74, 6) is 2.30. The van der Waals surface area contributed by atoms with Gasteiger partial charge in [-0.25, -0.2) is 18.1 Å². The van der Waals surface area contributed by atoms with E-state index < -0.39 is 10.0 Å². The first-order valence-electron chi connectivity index (χ1n) is 6.87. The van der Waals surface area contributed by atoms with Crippen LogP contribution in [-0.2, 0) is 10.0 Å². The molecule has 3 rings (SSSR count). The van der Waals surface area contributed by atoms with Crippen molar-refractivity contribution >= 4 is 33.3 Å². The van der Waals surface area contributed by atoms with Gasteiger partial charge in [0.1, 0.15) is 5.65 Å². The number of thioether (sulfide) groups is 1. The van der Waals surface area contributed by atoms with Crippen LogP contribution in [0.1, 0.15) is 12.8 Å². The number of pyridine rings is 1. The molecule has 21 heavy (non-hydrogen) atoms. The third-order valence-electron chi connectivity index (χ3n) is 3.46. The van der Waals surface area contributed by atoms with Crippen molar-refractivity contribution in [3.63, 3.8) is 0 Å². The second-order valence-electron chi connectivity index (χ2n) is 4.98. The molecule has 0 saturated carbocycles. The maximum atomic E-state index is 12.7. The topological polar surface area (TPSA) is 75.5 Å². The summed E-state index contributed by atoms with van der Waals surface area (Å²) in [6, 6.07) is 5.41. The average Bonchev–Trinajstić information content (AvgIpc) is 2.87. The fraction of sp³-hybridized carbons (Fsp3) is 0.462. The molecule has 1 aliphatic rings. The Balaban J connectivity index is 2.01. The Kier molecular flexibility index (Phi) is 4.10. The molecule has 1 aliphatic heterocycles. The minimum Gasteiger partial charge on any atom is -0.371 e. The maximum absolute atomic E-state index is 12.7. The van der Waals surface area contributed by atoms with Crippen LogP contribution in [0.3, 0.4) is 0 Å². The van der Waals surface area contributed by atoms with Crippen LogP contribution < -0.4 is 10.0 Å². The van der Waals surface area contributed by atoms with E-state index >= 15 is 0 Å². The first-order chi connectivity index (χ1) is 10.1. The molecule has 8 heteroatoms. The number of sulfonamides is 1. The molecule has 2 aromatic rings. The molecular formula is C13H18N4O2S2. The molecular weight excluding hydrogens is 308 g/mol. The third kappa shape index (κ3) is 2.88. The molecule has 1 saturated heterocycles. The Hall–Kier alpha value is -1.25. The molecule has 0 spiro atoms. The fourth-order valence-electron chi connectivity index (χ4n) is 2.50. The first kappa shape index (κ1) is 14.7. The molecule has 1 atom stereocenters. The van der Waals surface area contributed by atoms with E-state index in [0.29, 0.717) is 11.5 Å². The second kappa shape index (κ2) is 5.86. The van der Waals surface area contributed by atoms with Gasteiger partial charge in [-0.1, -0.05) is 6.07 Å². The number of hydrogen-bond donors (Lipinski definition) is 2. The summed E-state index contributed by atoms with van der Waals surface area (Å²) in [7, 11) is -1.93. The Morgan fingerprint density at radius 3 is 3.00 bits per heavy atom. The number of hydrogen-bond acceptors (Lipinski definition) is 5. The predicted molar refractivity (Wildman–Crippen MR) is 85.4 cm³/mol. The van der Waals surface area contributed by atoms with Crippen LogP contribution in [0.25, 0.3) is 5.65 Å². The number of aromatic nitrogens is 2. The van der Waals surface area contributed by atoms with Gasteiger partial charge in [-0.15, -0.1) is 0 Å². The molecule has 0 radical (unpaired) electrons. The molecule has 0 amide bonds. The van der Waals surface area contributed by atoms with E-state index in [2.05, 4.69) is 15.0 Å². The predicted octanol–water partition coefficient (Wildman–Crippen LogP) is 1.55. The normalized spacial score (nSPS) is 19.8. The van der Waals surface area contributed by atoms with E-state index in [9.17, 15) is 8.42 Å². The number of nitrogens with zero attached hydrogens (tertiary/aromatic N) is 2. The minimum absolute atomic E-state index is 0.00674. The summed E-state index contributed by atoms with van der Waals surface area (Å²) in [5, 5.41) is 3.05. The Morgan fingerprint density at radius 2 is 2.29 bits per heavy atom. The van der Waals surface area contributed by atoms with Crippen molar-refractivity contribution in [2.24, 2.45) is 0 Å². The Morgan fingerprint density at radius 1 is 1.43 bits per heavy atom. The van der Waals surface area contributed by atoms with Gasteiger partial charge in [-0.05, 0) is 30.7 Å². The van der Waals surface area contributed by atoms with Crippen LogP contribution in [0.2, 0.25) is 0 Å². The van der Waals surface area contributed by atoms with Crippen molar-refractivity contribution in [2.75, 3.05) is 23.9 Å². The summed E-state index contributed by atoms with van der Waals surface area (Å²) >= 11 is 1.79. The van der Waals surface area contributed by atoms with E-state index in [4.69, 9.17) is 0 Å². The van der Waals surface area contributed by atoms with Crippen molar-refractivity contribution in [2.45, 2.75) is 23.9 Å². The smallest absolute Gasteiger partial charge is 0.260 e. The highest BCUT2D eigenvalue weighted by Crippen LogP contribution is 2.24. The first-order valence-corrected chi connectivity index (χ1v) is 9.50. The Bertz CT molecular complexity index is 736. The Labute approximate surface area is 128 Å².